The van der Waals surface area contributed by atoms with Crippen molar-refractivity contribution in [2.75, 3.05) is 0 Å². The largest absolute Gasteiger partial charge is 0.309 e. The Hall–Kier alpha value is -4.04. The lowest BCUT2D eigenvalue weighted by molar-refractivity contribution is 0.588. The number of fused-ring (bicyclic) bond motifs is 2. The zero-order valence-corrected chi connectivity index (χ0v) is 20.2. The Bertz CT molecular complexity index is 1800. The average Bonchev–Trinajstić information content (AvgIpc) is 2.85. The number of aryl methyl sites for hydroxylation is 4. The summed E-state index contributed by atoms with van der Waals surface area (Å²) in [6.45, 7) is 4.03. The van der Waals surface area contributed by atoms with Gasteiger partial charge in [-0.25, -0.2) is 13.4 Å². The summed E-state index contributed by atoms with van der Waals surface area (Å²) in [4.78, 5) is 18.1. The molecular weight excluding hydrogens is 460 g/mol. The molecule has 0 saturated carbocycles. The van der Waals surface area contributed by atoms with Gasteiger partial charge >= 0.3 is 0 Å². The van der Waals surface area contributed by atoms with E-state index in [9.17, 15) is 13.2 Å². The maximum atomic E-state index is 13.6. The molecule has 8 heteroatoms. The van der Waals surface area contributed by atoms with Crippen LogP contribution in [-0.2, 0) is 22.8 Å². The smallest absolute Gasteiger partial charge is 0.267 e. The van der Waals surface area contributed by atoms with Crippen molar-refractivity contribution >= 4 is 26.5 Å². The minimum Gasteiger partial charge on any atom is -0.309 e. The molecule has 5 aromatic rings. The standard InChI is InChI=1S/C27H24N4O3S/c1-18-10-12-21(13-11-18)35(33,34)23-17-22-26(29-25-19(2)7-6-15-31(25)27(22)32)30(24(23)28)16-14-20-8-4-3-5-9-20/h3-13,15,17,28H,14,16H2,1-2H3. The number of benzene rings is 2. The quantitative estimate of drug-likeness (QED) is 0.384. The van der Waals surface area contributed by atoms with Crippen LogP contribution < -0.4 is 11.0 Å². The van der Waals surface area contributed by atoms with Gasteiger partial charge in [0.25, 0.3) is 5.56 Å². The molecule has 0 amide bonds. The molecule has 3 heterocycles. The zero-order chi connectivity index (χ0) is 24.7. The SMILES string of the molecule is Cc1ccc(S(=O)(=O)c2cc3c(=O)n4cccc(C)c4nc3n(CCc3ccccc3)c2=N)cc1. The molecule has 0 spiro atoms. The third-order valence-electron chi connectivity index (χ3n) is 6.19. The van der Waals surface area contributed by atoms with E-state index in [-0.39, 0.29) is 26.2 Å². The monoisotopic (exact) mass is 484 g/mol. The highest BCUT2D eigenvalue weighted by atomic mass is 32.2. The molecule has 0 atom stereocenters. The predicted octanol–water partition coefficient (Wildman–Crippen LogP) is 3.82. The van der Waals surface area contributed by atoms with Crippen LogP contribution in [0.3, 0.4) is 0 Å². The van der Waals surface area contributed by atoms with E-state index in [1.807, 2.05) is 50.2 Å². The van der Waals surface area contributed by atoms with E-state index in [2.05, 4.69) is 0 Å². The van der Waals surface area contributed by atoms with Crippen LogP contribution in [0.15, 0.2) is 93.6 Å². The molecule has 1 N–H and O–H groups in total. The van der Waals surface area contributed by atoms with Crippen LogP contribution in [0.2, 0.25) is 0 Å². The van der Waals surface area contributed by atoms with Gasteiger partial charge in [-0.05, 0) is 55.7 Å². The highest BCUT2D eigenvalue weighted by molar-refractivity contribution is 7.91. The molecular formula is C27H24N4O3S. The molecule has 0 fully saturated rings. The van der Waals surface area contributed by atoms with Crippen molar-refractivity contribution in [3.63, 3.8) is 0 Å². The van der Waals surface area contributed by atoms with Crippen molar-refractivity contribution < 1.29 is 8.42 Å². The second-order valence-electron chi connectivity index (χ2n) is 8.60. The third kappa shape index (κ3) is 3.95. The van der Waals surface area contributed by atoms with Crippen LogP contribution >= 0.6 is 0 Å². The van der Waals surface area contributed by atoms with Crippen molar-refractivity contribution in [1.82, 2.24) is 14.0 Å². The zero-order valence-electron chi connectivity index (χ0n) is 19.4. The molecule has 0 bridgehead atoms. The lowest BCUT2D eigenvalue weighted by Crippen LogP contribution is -2.30. The first-order chi connectivity index (χ1) is 16.8. The molecule has 3 aromatic heterocycles. The number of nitrogens with one attached hydrogen (secondary N) is 1. The van der Waals surface area contributed by atoms with Gasteiger partial charge in [-0.2, -0.15) is 0 Å². The van der Waals surface area contributed by atoms with Gasteiger partial charge in [0, 0.05) is 12.7 Å². The summed E-state index contributed by atoms with van der Waals surface area (Å²) in [6, 6.07) is 21.1. The van der Waals surface area contributed by atoms with Gasteiger partial charge in [-0.3, -0.25) is 14.6 Å². The average molecular weight is 485 g/mol. The molecule has 0 radical (unpaired) electrons. The van der Waals surface area contributed by atoms with E-state index in [1.165, 1.54) is 27.2 Å². The van der Waals surface area contributed by atoms with E-state index in [0.29, 0.717) is 24.3 Å². The molecule has 176 valence electrons. The van der Waals surface area contributed by atoms with E-state index >= 15 is 0 Å². The first-order valence-electron chi connectivity index (χ1n) is 11.2. The second kappa shape index (κ2) is 8.63. The number of aromatic nitrogens is 3. The van der Waals surface area contributed by atoms with Gasteiger partial charge in [-0.1, -0.05) is 54.1 Å². The van der Waals surface area contributed by atoms with Crippen LogP contribution in [0, 0.1) is 19.3 Å². The lowest BCUT2D eigenvalue weighted by Gasteiger charge is -2.16. The minimum absolute atomic E-state index is 0.0789. The van der Waals surface area contributed by atoms with Gasteiger partial charge in [-0.15, -0.1) is 0 Å². The maximum Gasteiger partial charge on any atom is 0.267 e. The number of hydrogen-bond donors (Lipinski definition) is 1. The second-order valence-corrected chi connectivity index (χ2v) is 10.5. The predicted molar refractivity (Wildman–Crippen MR) is 134 cm³/mol. The summed E-state index contributed by atoms with van der Waals surface area (Å²) in [6.07, 6.45) is 2.17. The van der Waals surface area contributed by atoms with Crippen LogP contribution in [-0.4, -0.2) is 22.4 Å². The Balaban J connectivity index is 1.82. The van der Waals surface area contributed by atoms with Crippen LogP contribution in [0.5, 0.6) is 0 Å². The van der Waals surface area contributed by atoms with Crippen molar-refractivity contribution in [2.45, 2.75) is 36.6 Å². The van der Waals surface area contributed by atoms with Crippen molar-refractivity contribution in [2.24, 2.45) is 0 Å². The number of pyridine rings is 2. The summed E-state index contributed by atoms with van der Waals surface area (Å²) >= 11 is 0. The highest BCUT2D eigenvalue weighted by Crippen LogP contribution is 2.22. The summed E-state index contributed by atoms with van der Waals surface area (Å²) in [5, 5.41) is 9.06. The molecule has 5 rings (SSSR count). The molecule has 2 aromatic carbocycles. The van der Waals surface area contributed by atoms with E-state index < -0.39 is 9.84 Å². The maximum absolute atomic E-state index is 13.6. The van der Waals surface area contributed by atoms with Gasteiger partial charge in [0.05, 0.1) is 10.3 Å². The van der Waals surface area contributed by atoms with Crippen LogP contribution in [0.1, 0.15) is 16.7 Å². The normalized spacial score (nSPS) is 11.8. The molecule has 0 unspecified atom stereocenters. The number of hydrogen-bond acceptors (Lipinski definition) is 5. The highest BCUT2D eigenvalue weighted by Gasteiger charge is 2.24. The Morgan fingerprint density at radius 3 is 2.34 bits per heavy atom. The molecule has 0 aliphatic carbocycles. The third-order valence-corrected chi connectivity index (χ3v) is 7.97. The van der Waals surface area contributed by atoms with Crippen LogP contribution in [0.4, 0.5) is 0 Å². The first-order valence-corrected chi connectivity index (χ1v) is 12.7. The molecule has 0 saturated heterocycles. The van der Waals surface area contributed by atoms with Crippen molar-refractivity contribution in [1.29, 1.82) is 5.41 Å². The van der Waals surface area contributed by atoms with Crippen molar-refractivity contribution in [3.8, 4) is 0 Å². The lowest BCUT2D eigenvalue weighted by atomic mass is 10.1. The molecule has 0 aliphatic heterocycles. The first kappa shape index (κ1) is 22.7. The van der Waals surface area contributed by atoms with Gasteiger partial charge in [0.1, 0.15) is 21.7 Å². The van der Waals surface area contributed by atoms with Crippen LogP contribution in [0.25, 0.3) is 16.7 Å². The number of rotatable bonds is 5. The topological polar surface area (TPSA) is 97.3 Å². The molecule has 35 heavy (non-hydrogen) atoms. The fraction of sp³-hybridized carbons (Fsp3) is 0.148. The molecule has 7 nitrogen and oxygen atoms in total. The summed E-state index contributed by atoms with van der Waals surface area (Å²) < 4.78 is 30.2. The Kier molecular flexibility index (Phi) is 5.61. The number of sulfone groups is 1. The van der Waals surface area contributed by atoms with E-state index in [1.54, 1.807) is 24.4 Å². The Morgan fingerprint density at radius 2 is 1.63 bits per heavy atom. The summed E-state index contributed by atoms with van der Waals surface area (Å²) in [7, 11) is -4.05. The Morgan fingerprint density at radius 1 is 0.914 bits per heavy atom. The van der Waals surface area contributed by atoms with E-state index in [0.717, 1.165) is 16.7 Å². The fourth-order valence-electron chi connectivity index (χ4n) is 4.22. The summed E-state index contributed by atoms with van der Waals surface area (Å²) in [5.41, 5.74) is 2.98. The van der Waals surface area contributed by atoms with E-state index in [4.69, 9.17) is 10.4 Å². The van der Waals surface area contributed by atoms with Gasteiger partial charge in [0.15, 0.2) is 0 Å². The Labute approximate surface area is 202 Å². The van der Waals surface area contributed by atoms with Gasteiger partial charge < -0.3 is 4.57 Å². The van der Waals surface area contributed by atoms with Gasteiger partial charge in [0.2, 0.25) is 9.84 Å². The fourth-order valence-corrected chi connectivity index (χ4v) is 5.61. The number of nitrogens with zero attached hydrogens (tertiary/aromatic N) is 3. The minimum atomic E-state index is -4.05. The molecule has 0 aliphatic rings. The summed E-state index contributed by atoms with van der Waals surface area (Å²) in [5.74, 6) is 0. The van der Waals surface area contributed by atoms with Crippen molar-refractivity contribution in [3.05, 3.63) is 112 Å².